The molecule has 9 nitrogen and oxygen atoms in total. The van der Waals surface area contributed by atoms with E-state index in [4.69, 9.17) is 14.1 Å². The summed E-state index contributed by atoms with van der Waals surface area (Å²) in [6.45, 7) is 1.74. The maximum atomic E-state index is 14.8. The summed E-state index contributed by atoms with van der Waals surface area (Å²) in [5, 5.41) is 3.37. The number of sulfonamides is 1. The molecule has 1 amide bonds. The lowest BCUT2D eigenvalue weighted by atomic mass is 10.0. The fourth-order valence-electron chi connectivity index (χ4n) is 5.72. The van der Waals surface area contributed by atoms with E-state index < -0.39 is 27.6 Å². The summed E-state index contributed by atoms with van der Waals surface area (Å²) < 4.78 is 69.5. The highest BCUT2D eigenvalue weighted by molar-refractivity contribution is 7.92. The number of amides is 1. The summed E-state index contributed by atoms with van der Waals surface area (Å²) in [5.74, 6) is -0.963. The van der Waals surface area contributed by atoms with Crippen molar-refractivity contribution in [2.75, 3.05) is 17.5 Å². The van der Waals surface area contributed by atoms with Gasteiger partial charge in [0.05, 0.1) is 28.4 Å². The summed E-state index contributed by atoms with van der Waals surface area (Å²) in [7, 11) is -2.32. The summed E-state index contributed by atoms with van der Waals surface area (Å²) in [4.78, 5) is 21.5. The van der Waals surface area contributed by atoms with Gasteiger partial charge in [-0.2, -0.15) is 0 Å². The number of hydrogen-bond donors (Lipinski definition) is 3. The number of benzene rings is 4. The average molecular weight is 693 g/mol. The number of fused-ring (bicyclic) bond motifs is 2. The molecule has 0 aliphatic heterocycles. The first kappa shape index (κ1) is 32.5. The molecule has 3 N–H and O–H groups in total. The maximum absolute atomic E-state index is 14.8. The fourth-order valence-corrected chi connectivity index (χ4v) is 6.37. The van der Waals surface area contributed by atoms with Crippen molar-refractivity contribution in [3.63, 3.8) is 0 Å². The van der Waals surface area contributed by atoms with Gasteiger partial charge in [0.1, 0.15) is 41.0 Å². The van der Waals surface area contributed by atoms with Crippen LogP contribution < -0.4 is 14.8 Å². The third-order valence-electron chi connectivity index (χ3n) is 8.27. The number of carbonyl (C=O) groups is 1. The van der Waals surface area contributed by atoms with Crippen LogP contribution in [-0.2, 0) is 16.6 Å². The van der Waals surface area contributed by atoms with Crippen LogP contribution >= 0.6 is 0 Å². The normalized spacial score (nSPS) is 11.6. The Morgan fingerprint density at radius 1 is 0.920 bits per heavy atom. The van der Waals surface area contributed by atoms with Gasteiger partial charge in [0.2, 0.25) is 10.0 Å². The van der Waals surface area contributed by atoms with Gasteiger partial charge in [-0.3, -0.25) is 9.52 Å². The average Bonchev–Trinajstić information content (AvgIpc) is 3.73. The molecule has 0 spiro atoms. The smallest absolute Gasteiger partial charge is 0.255 e. The van der Waals surface area contributed by atoms with Crippen LogP contribution in [0.4, 0.5) is 14.5 Å². The minimum atomic E-state index is -3.80. The van der Waals surface area contributed by atoms with Crippen molar-refractivity contribution in [2.45, 2.75) is 13.5 Å². The van der Waals surface area contributed by atoms with Crippen LogP contribution in [0.3, 0.4) is 0 Å². The topological polar surface area (TPSA) is 126 Å². The molecule has 0 aliphatic rings. The SMILES string of the molecule is CCS(=O)(=O)Nc1cc2oc(-c3ccc(F)cc3)c(C(=O)NC)c2cc1-c1ccc(OCc2ccccc2)c(-c2cc3c(F)cccc3[nH]2)n1. The number of aromatic amines is 1. The van der Waals surface area contributed by atoms with E-state index in [2.05, 4.69) is 15.0 Å². The Kier molecular flexibility index (Phi) is 8.54. The van der Waals surface area contributed by atoms with Crippen LogP contribution in [0.15, 0.2) is 108 Å². The van der Waals surface area contributed by atoms with Crippen LogP contribution in [0.5, 0.6) is 5.75 Å². The molecule has 3 heterocycles. The molecule has 0 fully saturated rings. The summed E-state index contributed by atoms with van der Waals surface area (Å²) >= 11 is 0. The number of furan rings is 1. The zero-order valence-electron chi connectivity index (χ0n) is 26.9. The number of halogens is 2. The number of H-pyrrole nitrogens is 1. The number of nitrogens with zero attached hydrogens (tertiary/aromatic N) is 1. The minimum absolute atomic E-state index is 0.154. The number of pyridine rings is 1. The lowest BCUT2D eigenvalue weighted by Crippen LogP contribution is -2.18. The number of hydrogen-bond acceptors (Lipinski definition) is 6. The van der Waals surface area contributed by atoms with Crippen LogP contribution in [0.25, 0.3) is 55.8 Å². The van der Waals surface area contributed by atoms with Gasteiger partial charge in [-0.25, -0.2) is 22.2 Å². The predicted octanol–water partition coefficient (Wildman–Crippen LogP) is 8.29. The molecule has 0 unspecified atom stereocenters. The molecule has 50 heavy (non-hydrogen) atoms. The van der Waals surface area contributed by atoms with Crippen LogP contribution in [0.2, 0.25) is 0 Å². The molecule has 0 radical (unpaired) electrons. The van der Waals surface area contributed by atoms with E-state index in [0.717, 1.165) is 5.56 Å². The number of ether oxygens (including phenoxy) is 1. The number of aromatic nitrogens is 2. The maximum Gasteiger partial charge on any atom is 0.255 e. The van der Waals surface area contributed by atoms with Crippen molar-refractivity contribution in [2.24, 2.45) is 0 Å². The highest BCUT2D eigenvalue weighted by Gasteiger charge is 2.25. The summed E-state index contributed by atoms with van der Waals surface area (Å²) in [6.07, 6.45) is 0. The highest BCUT2D eigenvalue weighted by atomic mass is 32.2. The van der Waals surface area contributed by atoms with E-state index in [9.17, 15) is 22.0 Å². The number of nitrogens with one attached hydrogen (secondary N) is 3. The molecule has 3 aromatic heterocycles. The van der Waals surface area contributed by atoms with E-state index in [0.29, 0.717) is 50.2 Å². The van der Waals surface area contributed by atoms with E-state index in [1.165, 1.54) is 50.4 Å². The Morgan fingerprint density at radius 3 is 2.42 bits per heavy atom. The van der Waals surface area contributed by atoms with Gasteiger partial charge in [-0.05, 0) is 73.2 Å². The molecule has 0 saturated carbocycles. The monoisotopic (exact) mass is 692 g/mol. The second kappa shape index (κ2) is 13.1. The Hall–Kier alpha value is -6.01. The molecule has 12 heteroatoms. The molecule has 4 aromatic carbocycles. The van der Waals surface area contributed by atoms with Gasteiger partial charge in [0, 0.05) is 40.5 Å². The van der Waals surface area contributed by atoms with Gasteiger partial charge in [-0.1, -0.05) is 36.4 Å². The first-order valence-electron chi connectivity index (χ1n) is 15.7. The van der Waals surface area contributed by atoms with E-state index >= 15 is 0 Å². The number of anilines is 1. The summed E-state index contributed by atoms with van der Waals surface area (Å²) in [6, 6.07) is 27.9. The largest absolute Gasteiger partial charge is 0.487 e. The molecule has 0 bridgehead atoms. The lowest BCUT2D eigenvalue weighted by molar-refractivity contribution is 0.0964. The molecular formula is C38H30F2N4O5S. The first-order chi connectivity index (χ1) is 24.1. The second-order valence-corrected chi connectivity index (χ2v) is 13.5. The van der Waals surface area contributed by atoms with Crippen molar-refractivity contribution >= 4 is 43.5 Å². The third kappa shape index (κ3) is 6.28. The van der Waals surface area contributed by atoms with Gasteiger partial charge in [0.25, 0.3) is 5.91 Å². The quantitative estimate of drug-likeness (QED) is 0.132. The van der Waals surface area contributed by atoms with Crippen molar-refractivity contribution in [1.82, 2.24) is 15.3 Å². The van der Waals surface area contributed by atoms with Gasteiger partial charge in [0.15, 0.2) is 0 Å². The Balaban J connectivity index is 1.45. The van der Waals surface area contributed by atoms with E-state index in [1.54, 1.807) is 36.4 Å². The Morgan fingerprint density at radius 2 is 1.70 bits per heavy atom. The molecule has 0 atom stereocenters. The van der Waals surface area contributed by atoms with Crippen molar-refractivity contribution in [3.05, 3.63) is 126 Å². The molecule has 0 saturated heterocycles. The van der Waals surface area contributed by atoms with Crippen LogP contribution in [-0.4, -0.2) is 37.1 Å². The standard InChI is InChI=1S/C38H30F2N4O5S/c1-3-50(46,47)44-31-20-34-27(35(38(45)41-2)37(49-34)23-12-14-24(39)15-13-23)18-26(31)30-16-17-33(48-21-22-8-5-4-6-9-22)36(43-30)32-19-25-28(40)10-7-11-29(25)42-32/h4-20,42,44H,3,21H2,1-2H3,(H,41,45). The van der Waals surface area contributed by atoms with Crippen LogP contribution in [0.1, 0.15) is 22.8 Å². The van der Waals surface area contributed by atoms with Crippen LogP contribution in [0, 0.1) is 11.6 Å². The van der Waals surface area contributed by atoms with Crippen molar-refractivity contribution < 1.29 is 31.1 Å². The number of carbonyl (C=O) groups excluding carboxylic acids is 1. The zero-order chi connectivity index (χ0) is 35.0. The molecular weight excluding hydrogens is 663 g/mol. The highest BCUT2D eigenvalue weighted by Crippen LogP contribution is 2.41. The molecule has 7 rings (SSSR count). The minimum Gasteiger partial charge on any atom is -0.487 e. The van der Waals surface area contributed by atoms with Crippen molar-refractivity contribution in [3.8, 4) is 39.7 Å². The molecule has 7 aromatic rings. The molecule has 252 valence electrons. The fraction of sp³-hybridized carbons (Fsp3) is 0.105. The zero-order valence-corrected chi connectivity index (χ0v) is 27.7. The van der Waals surface area contributed by atoms with Gasteiger partial charge >= 0.3 is 0 Å². The molecule has 0 aliphatic carbocycles. The second-order valence-electron chi connectivity index (χ2n) is 11.5. The van der Waals surface area contributed by atoms with E-state index in [-0.39, 0.29) is 35.0 Å². The van der Waals surface area contributed by atoms with Gasteiger partial charge in [-0.15, -0.1) is 0 Å². The lowest BCUT2D eigenvalue weighted by Gasteiger charge is -2.15. The Bertz CT molecular complexity index is 2500. The first-order valence-corrected chi connectivity index (χ1v) is 17.3. The summed E-state index contributed by atoms with van der Waals surface area (Å²) in [5.41, 5.74) is 3.96. The van der Waals surface area contributed by atoms with Gasteiger partial charge < -0.3 is 19.5 Å². The third-order valence-corrected chi connectivity index (χ3v) is 9.56. The predicted molar refractivity (Wildman–Crippen MR) is 189 cm³/mol. The van der Waals surface area contributed by atoms with Crippen molar-refractivity contribution in [1.29, 1.82) is 0 Å². The van der Waals surface area contributed by atoms with E-state index in [1.807, 2.05) is 30.3 Å². The Labute approximate surface area is 286 Å². The number of rotatable bonds is 10.